The van der Waals surface area contributed by atoms with Gasteiger partial charge >= 0.3 is 0 Å². The Morgan fingerprint density at radius 1 is 0.902 bits per heavy atom. The Labute approximate surface area is 239 Å². The van der Waals surface area contributed by atoms with Gasteiger partial charge in [0, 0.05) is 22.6 Å². The maximum atomic E-state index is 13.6. The van der Waals surface area contributed by atoms with Gasteiger partial charge in [-0.2, -0.15) is 0 Å². The number of phenols is 1. The lowest BCUT2D eigenvalue weighted by molar-refractivity contribution is -0.132. The molecule has 1 fully saturated rings. The molecule has 0 aromatic heterocycles. The number of hydrogen-bond donors (Lipinski definition) is 3. The van der Waals surface area contributed by atoms with Gasteiger partial charge in [0.15, 0.2) is 0 Å². The topological polar surface area (TPSA) is 99.1 Å². The van der Waals surface area contributed by atoms with E-state index in [0.29, 0.717) is 28.1 Å². The molecule has 7 heteroatoms. The second-order valence-corrected chi connectivity index (χ2v) is 10.4. The number of phenolic OH excluding ortho intramolecular Hbond substituents is 1. The van der Waals surface area contributed by atoms with E-state index in [2.05, 4.69) is 5.32 Å². The van der Waals surface area contributed by atoms with Crippen LogP contribution in [0.4, 0.5) is 17.1 Å². The summed E-state index contributed by atoms with van der Waals surface area (Å²) < 4.78 is 5.55. The third-order valence-corrected chi connectivity index (χ3v) is 7.32. The van der Waals surface area contributed by atoms with Gasteiger partial charge in [-0.1, -0.05) is 44.2 Å². The summed E-state index contributed by atoms with van der Waals surface area (Å²) in [5.74, 6) is -0.954. The molecule has 41 heavy (non-hydrogen) atoms. The van der Waals surface area contributed by atoms with Gasteiger partial charge in [0.2, 0.25) is 0 Å². The molecule has 1 amide bonds. The number of ketones is 1. The first-order valence-corrected chi connectivity index (χ1v) is 13.4. The van der Waals surface area contributed by atoms with E-state index in [9.17, 15) is 19.8 Å². The molecule has 0 saturated carbocycles. The van der Waals surface area contributed by atoms with Crippen LogP contribution in [0, 0.1) is 6.92 Å². The first-order valence-electron chi connectivity index (χ1n) is 13.4. The van der Waals surface area contributed by atoms with E-state index >= 15 is 0 Å². The Morgan fingerprint density at radius 3 is 2.15 bits per heavy atom. The fourth-order valence-corrected chi connectivity index (χ4v) is 5.19. The van der Waals surface area contributed by atoms with Crippen LogP contribution in [0.25, 0.3) is 5.76 Å². The molecular weight excluding hydrogens is 516 g/mol. The molecule has 1 unspecified atom stereocenters. The zero-order chi connectivity index (χ0) is 29.3. The van der Waals surface area contributed by atoms with E-state index in [1.807, 2.05) is 75.4 Å². The fraction of sp³-hybridized carbons (Fsp3) is 0.176. The zero-order valence-corrected chi connectivity index (χ0v) is 23.4. The average molecular weight is 549 g/mol. The van der Waals surface area contributed by atoms with Crippen molar-refractivity contribution in [2.45, 2.75) is 32.7 Å². The predicted octanol–water partition coefficient (Wildman–Crippen LogP) is 7.20. The molecule has 0 bridgehead atoms. The van der Waals surface area contributed by atoms with Crippen molar-refractivity contribution in [1.29, 1.82) is 0 Å². The highest BCUT2D eigenvalue weighted by Crippen LogP contribution is 2.44. The van der Waals surface area contributed by atoms with Crippen LogP contribution in [-0.4, -0.2) is 29.0 Å². The number of amides is 1. The number of carbonyl (C=O) groups is 2. The molecule has 1 saturated heterocycles. The number of ether oxygens (including phenoxy) is 1. The minimum absolute atomic E-state index is 0.0184. The summed E-state index contributed by atoms with van der Waals surface area (Å²) >= 11 is 0. The van der Waals surface area contributed by atoms with Crippen molar-refractivity contribution in [3.05, 3.63) is 119 Å². The number of methoxy groups -OCH3 is 1. The van der Waals surface area contributed by atoms with Gasteiger partial charge in [-0.3, -0.25) is 14.5 Å². The number of rotatable bonds is 7. The van der Waals surface area contributed by atoms with E-state index < -0.39 is 17.7 Å². The SMILES string of the molecule is COc1cc(C)c(/C(O)=C2\C(=O)C(=O)N(c3ccc(Nc4ccccc4)cc3)C2c2ccc(O)cc2)cc1C(C)C. The van der Waals surface area contributed by atoms with Crippen LogP contribution >= 0.6 is 0 Å². The number of aliphatic hydroxyl groups excluding tert-OH is 1. The van der Waals surface area contributed by atoms with Crippen molar-refractivity contribution >= 4 is 34.5 Å². The van der Waals surface area contributed by atoms with Gasteiger partial charge in [0.25, 0.3) is 11.7 Å². The van der Waals surface area contributed by atoms with Gasteiger partial charge in [0.05, 0.1) is 18.7 Å². The number of aromatic hydroxyl groups is 1. The lowest BCUT2D eigenvalue weighted by atomic mass is 9.91. The van der Waals surface area contributed by atoms with Crippen LogP contribution in [-0.2, 0) is 9.59 Å². The highest BCUT2D eigenvalue weighted by Gasteiger charge is 2.47. The molecule has 1 heterocycles. The molecule has 1 aliphatic heterocycles. The van der Waals surface area contributed by atoms with Gasteiger partial charge in [0.1, 0.15) is 17.3 Å². The van der Waals surface area contributed by atoms with E-state index in [1.54, 1.807) is 31.4 Å². The largest absolute Gasteiger partial charge is 0.508 e. The second kappa shape index (κ2) is 11.2. The van der Waals surface area contributed by atoms with Crippen LogP contribution in [0.15, 0.2) is 96.6 Å². The highest BCUT2D eigenvalue weighted by atomic mass is 16.5. The summed E-state index contributed by atoms with van der Waals surface area (Å²) in [4.78, 5) is 28.6. The third-order valence-electron chi connectivity index (χ3n) is 7.32. The summed E-state index contributed by atoms with van der Waals surface area (Å²) in [6.07, 6.45) is 0. The van der Waals surface area contributed by atoms with Crippen molar-refractivity contribution in [3.8, 4) is 11.5 Å². The maximum absolute atomic E-state index is 13.6. The summed E-state index contributed by atoms with van der Waals surface area (Å²) in [5.41, 5.74) is 4.82. The minimum Gasteiger partial charge on any atom is -0.508 e. The van der Waals surface area contributed by atoms with Gasteiger partial charge < -0.3 is 20.3 Å². The number of aliphatic hydroxyl groups is 1. The maximum Gasteiger partial charge on any atom is 0.300 e. The van der Waals surface area contributed by atoms with Crippen LogP contribution in [0.3, 0.4) is 0 Å². The van der Waals surface area contributed by atoms with Gasteiger partial charge in [-0.25, -0.2) is 0 Å². The molecule has 0 radical (unpaired) electrons. The highest BCUT2D eigenvalue weighted by molar-refractivity contribution is 6.51. The average Bonchev–Trinajstić information content (AvgIpc) is 3.23. The molecule has 3 N–H and O–H groups in total. The summed E-state index contributed by atoms with van der Waals surface area (Å²) in [6.45, 7) is 5.86. The number of benzene rings is 4. The number of nitrogens with zero attached hydrogens (tertiary/aromatic N) is 1. The smallest absolute Gasteiger partial charge is 0.300 e. The van der Waals surface area contributed by atoms with Crippen molar-refractivity contribution in [1.82, 2.24) is 0 Å². The Hall–Kier alpha value is -5.04. The Bertz CT molecular complexity index is 1620. The Balaban J connectivity index is 1.63. The molecule has 208 valence electrons. The summed E-state index contributed by atoms with van der Waals surface area (Å²) in [5, 5.41) is 24.9. The lowest BCUT2D eigenvalue weighted by Gasteiger charge is -2.26. The quantitative estimate of drug-likeness (QED) is 0.128. The van der Waals surface area contributed by atoms with Crippen LogP contribution < -0.4 is 15.0 Å². The first-order chi connectivity index (χ1) is 19.7. The number of para-hydroxylation sites is 1. The molecule has 0 aliphatic carbocycles. The molecule has 7 nitrogen and oxygen atoms in total. The molecule has 1 atom stereocenters. The van der Waals surface area contributed by atoms with Crippen molar-refractivity contribution in [3.63, 3.8) is 0 Å². The second-order valence-electron chi connectivity index (χ2n) is 10.4. The third kappa shape index (κ3) is 5.26. The normalized spacial score (nSPS) is 16.3. The molecular formula is C34H32N2O5. The van der Waals surface area contributed by atoms with Crippen molar-refractivity contribution in [2.24, 2.45) is 0 Å². The van der Waals surface area contributed by atoms with Crippen LogP contribution in [0.1, 0.15) is 48.1 Å². The number of aryl methyl sites for hydroxylation is 1. The fourth-order valence-electron chi connectivity index (χ4n) is 5.19. The van der Waals surface area contributed by atoms with E-state index in [4.69, 9.17) is 4.74 Å². The van der Waals surface area contributed by atoms with Gasteiger partial charge in [-0.15, -0.1) is 0 Å². The first kappa shape index (κ1) is 27.5. The Morgan fingerprint density at radius 2 is 1.54 bits per heavy atom. The number of anilines is 3. The van der Waals surface area contributed by atoms with Crippen LogP contribution in [0.2, 0.25) is 0 Å². The number of carbonyl (C=O) groups excluding carboxylic acids is 2. The molecule has 4 aromatic carbocycles. The minimum atomic E-state index is -0.910. The monoisotopic (exact) mass is 548 g/mol. The van der Waals surface area contributed by atoms with Gasteiger partial charge in [-0.05, 0) is 90.2 Å². The summed E-state index contributed by atoms with van der Waals surface area (Å²) in [7, 11) is 1.59. The lowest BCUT2D eigenvalue weighted by Crippen LogP contribution is -2.29. The molecule has 1 aliphatic rings. The number of hydrogen-bond acceptors (Lipinski definition) is 6. The van der Waals surface area contributed by atoms with E-state index in [0.717, 1.165) is 16.9 Å². The molecule has 5 rings (SSSR count). The van der Waals surface area contributed by atoms with E-state index in [-0.39, 0.29) is 23.0 Å². The molecule has 0 spiro atoms. The van der Waals surface area contributed by atoms with Crippen molar-refractivity contribution in [2.75, 3.05) is 17.3 Å². The Kier molecular flexibility index (Phi) is 7.53. The van der Waals surface area contributed by atoms with E-state index in [1.165, 1.54) is 17.0 Å². The van der Waals surface area contributed by atoms with Crippen LogP contribution in [0.5, 0.6) is 11.5 Å². The predicted molar refractivity (Wildman–Crippen MR) is 161 cm³/mol. The standard InChI is InChI=1S/C34H32N2O5/c1-20(2)27-19-28(21(3)18-29(27)41-4)32(38)30-31(22-10-16-26(37)17-11-22)36(34(40)33(30)39)25-14-12-24(13-15-25)35-23-8-6-5-7-9-23/h5-20,31,35,37-38H,1-4H3/b32-30+. The van der Waals surface area contributed by atoms with Crippen molar-refractivity contribution < 1.29 is 24.5 Å². The summed E-state index contributed by atoms with van der Waals surface area (Å²) in [6, 6.07) is 25.9. The number of Topliss-reactive ketones (excluding diaryl/α,β-unsaturated/α-hetero) is 1. The molecule has 4 aromatic rings. The zero-order valence-electron chi connectivity index (χ0n) is 23.4. The number of nitrogens with one attached hydrogen (secondary N) is 1.